The topological polar surface area (TPSA) is 96.0 Å². The van der Waals surface area contributed by atoms with Gasteiger partial charge in [-0.25, -0.2) is 8.42 Å². The number of sulfonamides is 1. The zero-order valence-electron chi connectivity index (χ0n) is 22.3. The molecule has 198 valence electrons. The highest BCUT2D eigenvalue weighted by Gasteiger charge is 2.30. The fraction of sp³-hybridized carbons (Fsp3) is 0.481. The molecule has 9 heteroatoms. The van der Waals surface area contributed by atoms with Crippen LogP contribution in [0.3, 0.4) is 0 Å². The van der Waals surface area contributed by atoms with E-state index in [1.54, 1.807) is 44.4 Å². The highest BCUT2D eigenvalue weighted by Crippen LogP contribution is 2.23. The average molecular weight is 518 g/mol. The van der Waals surface area contributed by atoms with Gasteiger partial charge < -0.3 is 15.0 Å². The molecule has 2 rings (SSSR count). The van der Waals surface area contributed by atoms with E-state index in [-0.39, 0.29) is 24.3 Å². The highest BCUT2D eigenvalue weighted by atomic mass is 32.2. The summed E-state index contributed by atoms with van der Waals surface area (Å²) in [5, 5.41) is 2.87. The number of ether oxygens (including phenoxy) is 1. The molecule has 0 radical (unpaired) electrons. The largest absolute Gasteiger partial charge is 0.497 e. The molecule has 0 heterocycles. The van der Waals surface area contributed by atoms with Crippen LogP contribution in [0.1, 0.15) is 51.7 Å². The Balaban J connectivity index is 2.38. The smallest absolute Gasteiger partial charge is 0.244 e. The minimum atomic E-state index is -3.77. The summed E-state index contributed by atoms with van der Waals surface area (Å²) in [5.41, 5.74) is 2.22. The van der Waals surface area contributed by atoms with Gasteiger partial charge in [0.1, 0.15) is 18.3 Å². The molecule has 0 unspecified atom stereocenters. The van der Waals surface area contributed by atoms with Gasteiger partial charge in [-0.3, -0.25) is 13.9 Å². The average Bonchev–Trinajstić information content (AvgIpc) is 2.83. The van der Waals surface area contributed by atoms with E-state index in [0.29, 0.717) is 18.0 Å². The maximum absolute atomic E-state index is 13.6. The van der Waals surface area contributed by atoms with Crippen LogP contribution in [0.5, 0.6) is 5.75 Å². The molecule has 0 saturated carbocycles. The Morgan fingerprint density at radius 3 is 2.17 bits per heavy atom. The monoisotopic (exact) mass is 517 g/mol. The predicted octanol–water partition coefficient (Wildman–Crippen LogP) is 3.77. The van der Waals surface area contributed by atoms with E-state index >= 15 is 0 Å². The number of methoxy groups -OCH3 is 1. The van der Waals surface area contributed by atoms with Gasteiger partial charge in [0.25, 0.3) is 0 Å². The summed E-state index contributed by atoms with van der Waals surface area (Å²) in [4.78, 5) is 27.9. The van der Waals surface area contributed by atoms with Crippen molar-refractivity contribution in [1.29, 1.82) is 0 Å². The molecular formula is C27H39N3O5S. The number of carbonyl (C=O) groups excluding carboxylic acids is 2. The summed E-state index contributed by atoms with van der Waals surface area (Å²) in [6, 6.07) is 13.5. The van der Waals surface area contributed by atoms with Gasteiger partial charge in [0.15, 0.2) is 0 Å². The maximum Gasteiger partial charge on any atom is 0.244 e. The number of carbonyl (C=O) groups is 2. The molecule has 1 atom stereocenters. The lowest BCUT2D eigenvalue weighted by atomic mass is 10.0. The number of hydrogen-bond acceptors (Lipinski definition) is 5. The van der Waals surface area contributed by atoms with Gasteiger partial charge >= 0.3 is 0 Å². The van der Waals surface area contributed by atoms with Crippen LogP contribution in [0.2, 0.25) is 0 Å². The number of amides is 2. The molecule has 1 N–H and O–H groups in total. The minimum absolute atomic E-state index is 0.121. The van der Waals surface area contributed by atoms with Crippen LogP contribution >= 0.6 is 0 Å². The molecule has 0 aliphatic heterocycles. The fourth-order valence-corrected chi connectivity index (χ4v) is 4.49. The highest BCUT2D eigenvalue weighted by molar-refractivity contribution is 7.92. The first-order valence-electron chi connectivity index (χ1n) is 12.1. The van der Waals surface area contributed by atoms with Gasteiger partial charge in [0, 0.05) is 13.1 Å². The Labute approximate surface area is 215 Å². The number of nitrogens with one attached hydrogen (secondary N) is 1. The fourth-order valence-electron chi connectivity index (χ4n) is 3.64. The number of nitrogens with zero attached hydrogens (tertiary/aromatic N) is 2. The number of benzene rings is 2. The minimum Gasteiger partial charge on any atom is -0.497 e. The lowest BCUT2D eigenvalue weighted by Crippen LogP contribution is -2.51. The van der Waals surface area contributed by atoms with Gasteiger partial charge in [0.05, 0.1) is 19.1 Å². The van der Waals surface area contributed by atoms with Gasteiger partial charge in [0.2, 0.25) is 21.8 Å². The summed E-state index contributed by atoms with van der Waals surface area (Å²) in [7, 11) is -2.21. The van der Waals surface area contributed by atoms with Crippen LogP contribution in [-0.2, 0) is 26.2 Å². The van der Waals surface area contributed by atoms with E-state index in [2.05, 4.69) is 19.2 Å². The third-order valence-electron chi connectivity index (χ3n) is 5.87. The molecule has 0 aromatic heterocycles. The molecule has 2 amide bonds. The molecule has 0 saturated heterocycles. The van der Waals surface area contributed by atoms with Crippen molar-refractivity contribution >= 4 is 27.5 Å². The number of hydrogen-bond donors (Lipinski definition) is 1. The third-order valence-corrected chi connectivity index (χ3v) is 7.01. The van der Waals surface area contributed by atoms with Crippen LogP contribution in [0.25, 0.3) is 0 Å². The summed E-state index contributed by atoms with van der Waals surface area (Å²) in [6.07, 6.45) is 1.07. The first-order valence-corrected chi connectivity index (χ1v) is 14.0. The van der Waals surface area contributed by atoms with E-state index < -0.39 is 28.5 Å². The third kappa shape index (κ3) is 8.26. The first kappa shape index (κ1) is 29.2. The molecule has 0 bridgehead atoms. The van der Waals surface area contributed by atoms with Gasteiger partial charge in [-0.2, -0.15) is 0 Å². The lowest BCUT2D eigenvalue weighted by molar-refractivity contribution is -0.139. The lowest BCUT2D eigenvalue weighted by Gasteiger charge is -2.31. The van der Waals surface area contributed by atoms with Crippen molar-refractivity contribution in [3.8, 4) is 5.75 Å². The van der Waals surface area contributed by atoms with Gasteiger partial charge in [-0.15, -0.1) is 0 Å². The Bertz CT molecular complexity index is 1130. The summed E-state index contributed by atoms with van der Waals surface area (Å²) in [5.74, 6) is 0.379. The SMILES string of the molecule is COc1cccc(CN(C(=O)CN(c2ccc(C(C)C)cc2)S(C)(=O)=O)[C@H](C)C(=O)NCC(C)C)c1. The van der Waals surface area contributed by atoms with E-state index in [0.717, 1.165) is 21.7 Å². The Hall–Kier alpha value is -3.07. The van der Waals surface area contributed by atoms with Crippen molar-refractivity contribution < 1.29 is 22.7 Å². The zero-order chi connectivity index (χ0) is 27.0. The molecule has 2 aromatic rings. The first-order chi connectivity index (χ1) is 16.8. The van der Waals surface area contributed by atoms with Crippen molar-refractivity contribution in [2.75, 3.05) is 30.8 Å². The van der Waals surface area contributed by atoms with Crippen LogP contribution in [0.15, 0.2) is 48.5 Å². The van der Waals surface area contributed by atoms with Crippen LogP contribution in [0.4, 0.5) is 5.69 Å². The second kappa shape index (κ2) is 12.8. The van der Waals surface area contributed by atoms with Crippen molar-refractivity contribution in [3.63, 3.8) is 0 Å². The van der Waals surface area contributed by atoms with Crippen LogP contribution in [0, 0.1) is 5.92 Å². The van der Waals surface area contributed by atoms with E-state index in [1.165, 1.54) is 4.90 Å². The van der Waals surface area contributed by atoms with E-state index in [9.17, 15) is 18.0 Å². The molecule has 2 aromatic carbocycles. The van der Waals surface area contributed by atoms with Gasteiger partial charge in [-0.05, 0) is 54.2 Å². The second-order valence-electron chi connectivity index (χ2n) is 9.70. The van der Waals surface area contributed by atoms with Crippen molar-refractivity contribution in [2.24, 2.45) is 5.92 Å². The summed E-state index contributed by atoms with van der Waals surface area (Å²) in [6.45, 7) is 9.89. The van der Waals surface area contributed by atoms with Crippen molar-refractivity contribution in [1.82, 2.24) is 10.2 Å². The molecular weight excluding hydrogens is 478 g/mol. The number of rotatable bonds is 12. The Morgan fingerprint density at radius 2 is 1.64 bits per heavy atom. The second-order valence-corrected chi connectivity index (χ2v) is 11.6. The molecule has 0 fully saturated rings. The normalized spacial score (nSPS) is 12.4. The molecule has 36 heavy (non-hydrogen) atoms. The van der Waals surface area contributed by atoms with Crippen molar-refractivity contribution in [2.45, 2.75) is 53.1 Å². The standard InChI is InChI=1S/C27H39N3O5S/c1-19(2)16-28-27(32)21(5)29(17-22-9-8-10-25(15-22)35-6)26(31)18-30(36(7,33)34)24-13-11-23(12-14-24)20(3)4/h8-15,19-21H,16-18H2,1-7H3,(H,28,32)/t21-/m1/s1. The predicted molar refractivity (Wildman–Crippen MR) is 144 cm³/mol. The van der Waals surface area contributed by atoms with Crippen LogP contribution in [-0.4, -0.2) is 57.6 Å². The van der Waals surface area contributed by atoms with E-state index in [1.807, 2.05) is 32.0 Å². The number of anilines is 1. The molecule has 0 aliphatic rings. The maximum atomic E-state index is 13.6. The molecule has 8 nitrogen and oxygen atoms in total. The quantitative estimate of drug-likeness (QED) is 0.462. The summed E-state index contributed by atoms with van der Waals surface area (Å²) >= 11 is 0. The zero-order valence-corrected chi connectivity index (χ0v) is 23.1. The van der Waals surface area contributed by atoms with Gasteiger partial charge in [-0.1, -0.05) is 52.0 Å². The van der Waals surface area contributed by atoms with E-state index in [4.69, 9.17) is 4.74 Å². The Morgan fingerprint density at radius 1 is 1.00 bits per heavy atom. The Kier molecular flexibility index (Phi) is 10.3. The summed E-state index contributed by atoms with van der Waals surface area (Å²) < 4.78 is 31.8. The van der Waals surface area contributed by atoms with Crippen molar-refractivity contribution in [3.05, 3.63) is 59.7 Å². The van der Waals surface area contributed by atoms with Crippen LogP contribution < -0.4 is 14.4 Å². The molecule has 0 spiro atoms. The molecule has 0 aliphatic carbocycles.